The van der Waals surface area contributed by atoms with Crippen LogP contribution in [-0.4, -0.2) is 23.9 Å². The van der Waals surface area contributed by atoms with E-state index in [4.69, 9.17) is 0 Å². The normalized spacial score (nSPS) is 22.7. The SMILES string of the molecule is CCCN1C(=CC2=[N+](C)c3ccccc3C2(C)C)C2(CCCCCC2)c2ccccc21. The number of fused-ring (bicyclic) bond motifs is 3. The lowest BCUT2D eigenvalue weighted by atomic mass is 9.72. The highest BCUT2D eigenvalue weighted by atomic mass is 15.2. The summed E-state index contributed by atoms with van der Waals surface area (Å²) in [6, 6.07) is 18.2. The number of hydrogen-bond acceptors (Lipinski definition) is 1. The molecule has 1 saturated carbocycles. The smallest absolute Gasteiger partial charge is 0.209 e. The standard InChI is InChI=1S/C29H37N2/c1-5-20-31-25-17-11-9-15-23(25)29(18-12-6-7-13-19-29)27(31)21-26-28(2,3)22-14-8-10-16-24(22)30(26)4/h8-11,14-17,21H,5-7,12-13,18-20H2,1-4H3/q+1. The first-order valence-corrected chi connectivity index (χ1v) is 12.3. The minimum absolute atomic E-state index is 0.0108. The highest BCUT2D eigenvalue weighted by Gasteiger charge is 2.49. The summed E-state index contributed by atoms with van der Waals surface area (Å²) in [5, 5.41) is 0. The van der Waals surface area contributed by atoms with Gasteiger partial charge in [-0.3, -0.25) is 0 Å². The molecule has 0 saturated heterocycles. The molecular formula is C29H37N2+. The molecule has 0 atom stereocenters. The van der Waals surface area contributed by atoms with Crippen LogP contribution in [-0.2, 0) is 10.8 Å². The maximum atomic E-state index is 2.67. The van der Waals surface area contributed by atoms with Gasteiger partial charge in [0.1, 0.15) is 7.05 Å². The summed E-state index contributed by atoms with van der Waals surface area (Å²) in [6.45, 7) is 8.20. The summed E-state index contributed by atoms with van der Waals surface area (Å²) in [6.07, 6.45) is 11.7. The van der Waals surface area contributed by atoms with Crippen molar-refractivity contribution in [3.63, 3.8) is 0 Å². The fourth-order valence-corrected chi connectivity index (χ4v) is 6.57. The van der Waals surface area contributed by atoms with Gasteiger partial charge in [0.15, 0.2) is 5.71 Å². The monoisotopic (exact) mass is 413 g/mol. The molecular weight excluding hydrogens is 376 g/mol. The van der Waals surface area contributed by atoms with E-state index in [-0.39, 0.29) is 10.8 Å². The van der Waals surface area contributed by atoms with Crippen molar-refractivity contribution >= 4 is 17.1 Å². The number of anilines is 1. The molecule has 0 radical (unpaired) electrons. The number of para-hydroxylation sites is 2. The van der Waals surface area contributed by atoms with Gasteiger partial charge in [0.2, 0.25) is 5.69 Å². The van der Waals surface area contributed by atoms with Crippen molar-refractivity contribution in [2.45, 2.75) is 76.5 Å². The predicted octanol–water partition coefficient (Wildman–Crippen LogP) is 7.10. The summed E-state index contributed by atoms with van der Waals surface area (Å²) in [5.41, 5.74) is 8.99. The fraction of sp³-hybridized carbons (Fsp3) is 0.483. The number of nitrogens with zero attached hydrogens (tertiary/aromatic N) is 2. The zero-order valence-corrected chi connectivity index (χ0v) is 19.7. The van der Waals surface area contributed by atoms with Gasteiger partial charge in [-0.05, 0) is 44.7 Å². The van der Waals surface area contributed by atoms with Gasteiger partial charge in [-0.25, -0.2) is 0 Å². The quantitative estimate of drug-likeness (QED) is 0.486. The summed E-state index contributed by atoms with van der Waals surface area (Å²) in [5.74, 6) is 0. The van der Waals surface area contributed by atoms with Gasteiger partial charge in [0.25, 0.3) is 0 Å². The van der Waals surface area contributed by atoms with Crippen LogP contribution in [0, 0.1) is 0 Å². The van der Waals surface area contributed by atoms with Crippen LogP contribution in [0.2, 0.25) is 0 Å². The lowest BCUT2D eigenvalue weighted by Gasteiger charge is -2.33. The maximum absolute atomic E-state index is 2.67. The van der Waals surface area contributed by atoms with Crippen LogP contribution in [0.25, 0.3) is 0 Å². The van der Waals surface area contributed by atoms with E-state index < -0.39 is 0 Å². The first-order chi connectivity index (χ1) is 15.0. The zero-order valence-electron chi connectivity index (χ0n) is 19.7. The van der Waals surface area contributed by atoms with Crippen LogP contribution < -0.4 is 4.90 Å². The molecule has 0 amide bonds. The van der Waals surface area contributed by atoms with Gasteiger partial charge in [0, 0.05) is 41.1 Å². The fourth-order valence-electron chi connectivity index (χ4n) is 6.57. The number of hydrogen-bond donors (Lipinski definition) is 0. The third kappa shape index (κ3) is 3.02. The van der Waals surface area contributed by atoms with Crippen molar-refractivity contribution in [3.05, 3.63) is 71.4 Å². The van der Waals surface area contributed by atoms with Gasteiger partial charge < -0.3 is 4.90 Å². The Kier molecular flexibility index (Phi) is 5.07. The van der Waals surface area contributed by atoms with Crippen molar-refractivity contribution in [2.24, 2.45) is 0 Å². The molecule has 2 nitrogen and oxygen atoms in total. The molecule has 1 spiro atoms. The van der Waals surface area contributed by atoms with Crippen molar-refractivity contribution in [2.75, 3.05) is 18.5 Å². The summed E-state index contributed by atoms with van der Waals surface area (Å²) in [7, 11) is 2.26. The van der Waals surface area contributed by atoms with E-state index in [9.17, 15) is 0 Å². The Morgan fingerprint density at radius 3 is 2.23 bits per heavy atom. The van der Waals surface area contributed by atoms with E-state index in [1.165, 1.54) is 61.2 Å². The largest absolute Gasteiger partial charge is 0.344 e. The Bertz CT molecular complexity index is 1050. The maximum Gasteiger partial charge on any atom is 0.209 e. The molecule has 0 bridgehead atoms. The zero-order chi connectivity index (χ0) is 21.6. The Balaban J connectivity index is 1.73. The molecule has 2 aliphatic heterocycles. The minimum Gasteiger partial charge on any atom is -0.344 e. The second-order valence-electron chi connectivity index (χ2n) is 10.3. The lowest BCUT2D eigenvalue weighted by molar-refractivity contribution is -0.401. The van der Waals surface area contributed by atoms with Crippen LogP contribution in [0.4, 0.5) is 11.4 Å². The van der Waals surface area contributed by atoms with Crippen LogP contribution in [0.1, 0.15) is 76.8 Å². The van der Waals surface area contributed by atoms with Gasteiger partial charge in [-0.2, -0.15) is 4.58 Å². The van der Waals surface area contributed by atoms with E-state index in [1.54, 1.807) is 11.3 Å². The van der Waals surface area contributed by atoms with Crippen molar-refractivity contribution in [3.8, 4) is 0 Å². The molecule has 1 fully saturated rings. The Morgan fingerprint density at radius 2 is 1.55 bits per heavy atom. The minimum atomic E-state index is 0.0108. The molecule has 1 aliphatic carbocycles. The first kappa shape index (κ1) is 20.5. The van der Waals surface area contributed by atoms with Crippen LogP contribution in [0.5, 0.6) is 0 Å². The van der Waals surface area contributed by atoms with Gasteiger partial charge in [-0.15, -0.1) is 0 Å². The molecule has 0 N–H and O–H groups in total. The van der Waals surface area contributed by atoms with E-state index in [2.05, 4.69) is 91.9 Å². The number of rotatable bonds is 3. The highest BCUT2D eigenvalue weighted by molar-refractivity contribution is 6.04. The van der Waals surface area contributed by atoms with E-state index in [1.807, 2.05) is 0 Å². The molecule has 3 aliphatic rings. The first-order valence-electron chi connectivity index (χ1n) is 12.3. The van der Waals surface area contributed by atoms with Crippen molar-refractivity contribution in [1.29, 1.82) is 0 Å². The predicted molar refractivity (Wildman–Crippen MR) is 132 cm³/mol. The second kappa shape index (κ2) is 7.65. The average molecular weight is 414 g/mol. The van der Waals surface area contributed by atoms with Gasteiger partial charge in [0.05, 0.1) is 5.41 Å². The summed E-state index contributed by atoms with van der Waals surface area (Å²) < 4.78 is 2.44. The van der Waals surface area contributed by atoms with Crippen LogP contribution in [0.15, 0.2) is 60.3 Å². The molecule has 2 aromatic rings. The number of allylic oxidation sites excluding steroid dienone is 2. The van der Waals surface area contributed by atoms with Crippen molar-refractivity contribution in [1.82, 2.24) is 0 Å². The molecule has 0 unspecified atom stereocenters. The van der Waals surface area contributed by atoms with Crippen molar-refractivity contribution < 1.29 is 4.58 Å². The Hall–Kier alpha value is -2.35. The second-order valence-corrected chi connectivity index (χ2v) is 10.3. The molecule has 31 heavy (non-hydrogen) atoms. The van der Waals surface area contributed by atoms with E-state index in [0.29, 0.717) is 0 Å². The topological polar surface area (TPSA) is 6.25 Å². The number of benzene rings is 2. The summed E-state index contributed by atoms with van der Waals surface area (Å²) >= 11 is 0. The molecule has 162 valence electrons. The Labute approximate surface area is 188 Å². The average Bonchev–Trinajstić information content (AvgIpc) is 2.99. The van der Waals surface area contributed by atoms with Crippen LogP contribution in [0.3, 0.4) is 0 Å². The Morgan fingerprint density at radius 1 is 0.903 bits per heavy atom. The molecule has 2 aromatic carbocycles. The molecule has 5 rings (SSSR count). The molecule has 2 heteroatoms. The molecule has 2 heterocycles. The van der Waals surface area contributed by atoms with Crippen LogP contribution >= 0.6 is 0 Å². The lowest BCUT2D eigenvalue weighted by Crippen LogP contribution is -2.35. The van der Waals surface area contributed by atoms with Gasteiger partial charge in [-0.1, -0.05) is 69.0 Å². The van der Waals surface area contributed by atoms with E-state index >= 15 is 0 Å². The highest BCUT2D eigenvalue weighted by Crippen LogP contribution is 2.55. The van der Waals surface area contributed by atoms with Gasteiger partial charge >= 0.3 is 0 Å². The van der Waals surface area contributed by atoms with E-state index in [0.717, 1.165) is 13.0 Å². The molecule has 0 aromatic heterocycles. The third-order valence-electron chi connectivity index (χ3n) is 8.11. The third-order valence-corrected chi connectivity index (χ3v) is 8.11. The summed E-state index contributed by atoms with van der Waals surface area (Å²) in [4.78, 5) is 2.67.